The van der Waals surface area contributed by atoms with E-state index in [1.165, 1.54) is 0 Å². The highest BCUT2D eigenvalue weighted by molar-refractivity contribution is 5.47. The van der Waals surface area contributed by atoms with E-state index in [4.69, 9.17) is 15.2 Å². The van der Waals surface area contributed by atoms with E-state index in [0.29, 0.717) is 18.4 Å². The quantitative estimate of drug-likeness (QED) is 0.815. The van der Waals surface area contributed by atoms with Crippen molar-refractivity contribution in [3.8, 4) is 5.88 Å². The molecule has 1 aromatic heterocycles. The Morgan fingerprint density at radius 3 is 3.20 bits per heavy atom. The number of nitrogen functional groups attached to an aromatic ring is 1. The second kappa shape index (κ2) is 4.49. The molecule has 1 aliphatic rings. The highest BCUT2D eigenvalue weighted by atomic mass is 16.5. The van der Waals surface area contributed by atoms with Crippen LogP contribution in [0.15, 0.2) is 12.3 Å². The van der Waals surface area contributed by atoms with Crippen molar-refractivity contribution in [2.24, 2.45) is 5.92 Å². The van der Waals surface area contributed by atoms with Crippen LogP contribution in [-0.4, -0.2) is 24.8 Å². The van der Waals surface area contributed by atoms with Crippen LogP contribution in [0.2, 0.25) is 0 Å². The molecule has 0 saturated carbocycles. The number of nitrogens with two attached hydrogens (primary N) is 1. The summed E-state index contributed by atoms with van der Waals surface area (Å²) in [5.74, 6) is 1.10. The molecule has 0 bridgehead atoms. The lowest BCUT2D eigenvalue weighted by atomic mass is 10.1. The molecule has 1 aliphatic heterocycles. The highest BCUT2D eigenvalue weighted by Gasteiger charge is 2.16. The van der Waals surface area contributed by atoms with Crippen LogP contribution in [-0.2, 0) is 4.74 Å². The van der Waals surface area contributed by atoms with Crippen LogP contribution in [0.4, 0.5) is 5.69 Å². The Balaban J connectivity index is 1.90. The van der Waals surface area contributed by atoms with Gasteiger partial charge in [0.2, 0.25) is 5.88 Å². The molecule has 1 aromatic rings. The van der Waals surface area contributed by atoms with Gasteiger partial charge >= 0.3 is 0 Å². The van der Waals surface area contributed by atoms with Crippen LogP contribution in [0, 0.1) is 12.8 Å². The number of anilines is 1. The van der Waals surface area contributed by atoms with Gasteiger partial charge in [0.25, 0.3) is 0 Å². The second-order valence-corrected chi connectivity index (χ2v) is 3.92. The summed E-state index contributed by atoms with van der Waals surface area (Å²) in [5, 5.41) is 0. The van der Waals surface area contributed by atoms with Crippen molar-refractivity contribution in [1.82, 2.24) is 4.98 Å². The SMILES string of the molecule is Cc1cnc(OCC2CCOC2)cc1N. The van der Waals surface area contributed by atoms with Crippen LogP contribution < -0.4 is 10.5 Å². The molecule has 2 N–H and O–H groups in total. The van der Waals surface area contributed by atoms with Crippen molar-refractivity contribution in [2.45, 2.75) is 13.3 Å². The highest BCUT2D eigenvalue weighted by Crippen LogP contribution is 2.18. The minimum absolute atomic E-state index is 0.495. The third kappa shape index (κ3) is 2.59. The van der Waals surface area contributed by atoms with Gasteiger partial charge in [-0.1, -0.05) is 0 Å². The van der Waals surface area contributed by atoms with Crippen LogP contribution in [0.3, 0.4) is 0 Å². The van der Waals surface area contributed by atoms with Crippen molar-refractivity contribution >= 4 is 5.69 Å². The fourth-order valence-corrected chi connectivity index (χ4v) is 1.52. The zero-order valence-corrected chi connectivity index (χ0v) is 8.90. The Kier molecular flexibility index (Phi) is 3.06. The average molecular weight is 208 g/mol. The van der Waals surface area contributed by atoms with Gasteiger partial charge < -0.3 is 15.2 Å². The predicted octanol–water partition coefficient (Wildman–Crippen LogP) is 1.39. The van der Waals surface area contributed by atoms with E-state index in [0.717, 1.165) is 30.9 Å². The Morgan fingerprint density at radius 2 is 2.53 bits per heavy atom. The maximum atomic E-state index is 5.76. The van der Waals surface area contributed by atoms with Gasteiger partial charge in [0.05, 0.1) is 13.2 Å². The molecule has 82 valence electrons. The van der Waals surface area contributed by atoms with Crippen LogP contribution in [0.1, 0.15) is 12.0 Å². The van der Waals surface area contributed by atoms with E-state index in [9.17, 15) is 0 Å². The molecule has 4 heteroatoms. The number of nitrogens with zero attached hydrogens (tertiary/aromatic N) is 1. The third-order valence-electron chi connectivity index (χ3n) is 2.61. The molecule has 0 amide bonds. The van der Waals surface area contributed by atoms with E-state index < -0.39 is 0 Å². The van der Waals surface area contributed by atoms with Crippen LogP contribution >= 0.6 is 0 Å². The normalized spacial score (nSPS) is 20.5. The molecule has 15 heavy (non-hydrogen) atoms. The first-order valence-corrected chi connectivity index (χ1v) is 5.18. The zero-order valence-electron chi connectivity index (χ0n) is 8.90. The number of hydrogen-bond donors (Lipinski definition) is 1. The molecule has 1 unspecified atom stereocenters. The minimum Gasteiger partial charge on any atom is -0.477 e. The average Bonchev–Trinajstić information content (AvgIpc) is 2.73. The smallest absolute Gasteiger partial charge is 0.215 e. The third-order valence-corrected chi connectivity index (χ3v) is 2.61. The number of aromatic nitrogens is 1. The maximum Gasteiger partial charge on any atom is 0.215 e. The lowest BCUT2D eigenvalue weighted by Gasteiger charge is -2.10. The van der Waals surface area contributed by atoms with Crippen LogP contribution in [0.5, 0.6) is 5.88 Å². The molecule has 2 heterocycles. The number of pyridine rings is 1. The van der Waals surface area contributed by atoms with Crippen LogP contribution in [0.25, 0.3) is 0 Å². The van der Waals surface area contributed by atoms with Gasteiger partial charge in [-0.2, -0.15) is 0 Å². The monoisotopic (exact) mass is 208 g/mol. The lowest BCUT2D eigenvalue weighted by Crippen LogP contribution is -2.12. The Hall–Kier alpha value is -1.29. The van der Waals surface area contributed by atoms with Crippen molar-refractivity contribution in [2.75, 3.05) is 25.6 Å². The lowest BCUT2D eigenvalue weighted by molar-refractivity contribution is 0.165. The molecule has 1 fully saturated rings. The molecule has 0 aromatic carbocycles. The summed E-state index contributed by atoms with van der Waals surface area (Å²) in [6.07, 6.45) is 2.80. The van der Waals surface area contributed by atoms with Gasteiger partial charge in [-0.25, -0.2) is 4.98 Å². The molecule has 4 nitrogen and oxygen atoms in total. The van der Waals surface area contributed by atoms with Gasteiger partial charge in [-0.3, -0.25) is 0 Å². The Bertz CT molecular complexity index is 335. The van der Waals surface area contributed by atoms with Gasteiger partial charge in [-0.15, -0.1) is 0 Å². The first kappa shape index (κ1) is 10.2. The molecule has 0 radical (unpaired) electrons. The molecule has 2 rings (SSSR count). The molecular formula is C11H16N2O2. The fourth-order valence-electron chi connectivity index (χ4n) is 1.52. The van der Waals surface area contributed by atoms with Gasteiger partial charge in [0.1, 0.15) is 0 Å². The standard InChI is InChI=1S/C11H16N2O2/c1-8-5-13-11(4-10(8)12)15-7-9-2-3-14-6-9/h4-5,9H,2-3,6-7H2,1H3,(H2,12,13). The van der Waals surface area contributed by atoms with Gasteiger partial charge in [0.15, 0.2) is 0 Å². The summed E-state index contributed by atoms with van der Waals surface area (Å²) in [4.78, 5) is 4.16. The van der Waals surface area contributed by atoms with Crippen molar-refractivity contribution in [3.63, 3.8) is 0 Å². The first-order valence-electron chi connectivity index (χ1n) is 5.18. The number of rotatable bonds is 3. The summed E-state index contributed by atoms with van der Waals surface area (Å²) >= 11 is 0. The van der Waals surface area contributed by atoms with Crippen molar-refractivity contribution in [1.29, 1.82) is 0 Å². The molecule has 1 atom stereocenters. The Labute approximate surface area is 89.4 Å². The van der Waals surface area contributed by atoms with E-state index in [1.807, 2.05) is 6.92 Å². The Morgan fingerprint density at radius 1 is 1.67 bits per heavy atom. The molecular weight excluding hydrogens is 192 g/mol. The largest absolute Gasteiger partial charge is 0.477 e. The molecule has 0 spiro atoms. The summed E-state index contributed by atoms with van der Waals surface area (Å²) in [6.45, 7) is 4.23. The molecule has 1 saturated heterocycles. The minimum atomic E-state index is 0.495. The number of ether oxygens (including phenoxy) is 2. The van der Waals surface area contributed by atoms with E-state index in [2.05, 4.69) is 4.98 Å². The summed E-state index contributed by atoms with van der Waals surface area (Å²) < 4.78 is 10.8. The summed E-state index contributed by atoms with van der Waals surface area (Å²) in [6, 6.07) is 1.77. The van der Waals surface area contributed by atoms with Gasteiger partial charge in [-0.05, 0) is 18.9 Å². The van der Waals surface area contributed by atoms with E-state index in [1.54, 1.807) is 12.3 Å². The predicted molar refractivity (Wildman–Crippen MR) is 57.8 cm³/mol. The van der Waals surface area contributed by atoms with Crippen molar-refractivity contribution in [3.05, 3.63) is 17.8 Å². The zero-order chi connectivity index (χ0) is 10.7. The van der Waals surface area contributed by atoms with E-state index >= 15 is 0 Å². The second-order valence-electron chi connectivity index (χ2n) is 3.92. The van der Waals surface area contributed by atoms with Crippen molar-refractivity contribution < 1.29 is 9.47 Å². The van der Waals surface area contributed by atoms with Gasteiger partial charge in [0, 0.05) is 30.5 Å². The summed E-state index contributed by atoms with van der Waals surface area (Å²) in [7, 11) is 0. The fraction of sp³-hybridized carbons (Fsp3) is 0.545. The summed E-state index contributed by atoms with van der Waals surface area (Å²) in [5.41, 5.74) is 7.46. The topological polar surface area (TPSA) is 57.4 Å². The maximum absolute atomic E-state index is 5.76. The number of hydrogen-bond acceptors (Lipinski definition) is 4. The molecule has 0 aliphatic carbocycles. The number of aryl methyl sites for hydroxylation is 1. The van der Waals surface area contributed by atoms with E-state index in [-0.39, 0.29) is 0 Å². The first-order chi connectivity index (χ1) is 7.25.